The molecule has 0 spiro atoms. The highest BCUT2D eigenvalue weighted by atomic mass is 16.5. The maximum atomic E-state index is 10.7. The molecule has 1 aromatic heterocycles. The van der Waals surface area contributed by atoms with E-state index in [1.165, 1.54) is 4.68 Å². The molecule has 1 heterocycles. The molecule has 2 rings (SSSR count). The van der Waals surface area contributed by atoms with Crippen LogP contribution in [0, 0.1) is 0 Å². The Balaban J connectivity index is 2.03. The third-order valence-corrected chi connectivity index (χ3v) is 2.65. The predicted octanol–water partition coefficient (Wildman–Crippen LogP) is 1.14. The van der Waals surface area contributed by atoms with Crippen LogP contribution in [0.15, 0.2) is 24.3 Å². The molecule has 1 aromatic carbocycles. The highest BCUT2D eigenvalue weighted by Crippen LogP contribution is 2.14. The van der Waals surface area contributed by atoms with E-state index < -0.39 is 5.97 Å². The van der Waals surface area contributed by atoms with Crippen molar-refractivity contribution in [3.05, 3.63) is 35.7 Å². The molecular formula is C13H16N4O3. The fourth-order valence-electron chi connectivity index (χ4n) is 1.71. The van der Waals surface area contributed by atoms with Gasteiger partial charge < -0.3 is 9.84 Å². The topological polar surface area (TPSA) is 90.1 Å². The number of hydrogen-bond donors (Lipinski definition) is 1. The van der Waals surface area contributed by atoms with Gasteiger partial charge in [-0.25, -0.2) is 4.68 Å². The average molecular weight is 276 g/mol. The van der Waals surface area contributed by atoms with Crippen molar-refractivity contribution in [2.75, 3.05) is 6.61 Å². The quantitative estimate of drug-likeness (QED) is 0.815. The molecule has 0 aliphatic rings. The first-order valence-electron chi connectivity index (χ1n) is 6.37. The molecule has 0 amide bonds. The fourth-order valence-corrected chi connectivity index (χ4v) is 1.71. The van der Waals surface area contributed by atoms with E-state index in [0.717, 1.165) is 17.7 Å². The van der Waals surface area contributed by atoms with Gasteiger partial charge in [0.1, 0.15) is 12.3 Å². The Morgan fingerprint density at radius 1 is 1.35 bits per heavy atom. The first-order valence-corrected chi connectivity index (χ1v) is 6.37. The molecule has 0 bridgehead atoms. The third kappa shape index (κ3) is 3.78. The SMILES string of the molecule is CCCOc1ccc(Cc2nnnn2CC(=O)O)cc1. The summed E-state index contributed by atoms with van der Waals surface area (Å²) in [6, 6.07) is 7.61. The summed E-state index contributed by atoms with van der Waals surface area (Å²) in [7, 11) is 0. The summed E-state index contributed by atoms with van der Waals surface area (Å²) in [5, 5.41) is 19.8. The van der Waals surface area contributed by atoms with Crippen molar-refractivity contribution in [1.29, 1.82) is 0 Å². The van der Waals surface area contributed by atoms with Crippen molar-refractivity contribution in [2.45, 2.75) is 26.3 Å². The first kappa shape index (κ1) is 14.0. The largest absolute Gasteiger partial charge is 0.494 e. The zero-order valence-corrected chi connectivity index (χ0v) is 11.2. The number of tetrazole rings is 1. The Kier molecular flexibility index (Phi) is 4.65. The van der Waals surface area contributed by atoms with E-state index in [0.29, 0.717) is 18.9 Å². The molecule has 1 N–H and O–H groups in total. The van der Waals surface area contributed by atoms with E-state index in [2.05, 4.69) is 22.4 Å². The standard InChI is InChI=1S/C13H16N4O3/c1-2-7-20-11-5-3-10(4-6-11)8-12-14-15-16-17(12)9-13(18)19/h3-6H,2,7-9H2,1H3,(H,18,19). The molecule has 0 saturated carbocycles. The van der Waals surface area contributed by atoms with Crippen LogP contribution in [-0.4, -0.2) is 37.9 Å². The summed E-state index contributed by atoms with van der Waals surface area (Å²) in [6.45, 7) is 2.51. The van der Waals surface area contributed by atoms with E-state index >= 15 is 0 Å². The van der Waals surface area contributed by atoms with Crippen molar-refractivity contribution >= 4 is 5.97 Å². The van der Waals surface area contributed by atoms with Gasteiger partial charge in [-0.1, -0.05) is 19.1 Å². The smallest absolute Gasteiger partial charge is 0.325 e. The molecule has 20 heavy (non-hydrogen) atoms. The second-order valence-corrected chi connectivity index (χ2v) is 4.32. The van der Waals surface area contributed by atoms with Gasteiger partial charge in [-0.3, -0.25) is 4.79 Å². The van der Waals surface area contributed by atoms with E-state index in [9.17, 15) is 4.79 Å². The highest BCUT2D eigenvalue weighted by Gasteiger charge is 2.10. The van der Waals surface area contributed by atoms with Gasteiger partial charge in [-0.15, -0.1) is 5.10 Å². The van der Waals surface area contributed by atoms with E-state index in [1.807, 2.05) is 24.3 Å². The second-order valence-electron chi connectivity index (χ2n) is 4.32. The Bertz CT molecular complexity index is 565. The number of aliphatic carboxylic acids is 1. The summed E-state index contributed by atoms with van der Waals surface area (Å²) >= 11 is 0. The maximum Gasteiger partial charge on any atom is 0.325 e. The minimum absolute atomic E-state index is 0.236. The molecule has 0 aliphatic carbocycles. The Morgan fingerprint density at radius 3 is 2.75 bits per heavy atom. The zero-order chi connectivity index (χ0) is 14.4. The molecule has 0 radical (unpaired) electrons. The lowest BCUT2D eigenvalue weighted by Crippen LogP contribution is -2.13. The second kappa shape index (κ2) is 6.65. The van der Waals surface area contributed by atoms with Gasteiger partial charge in [0.25, 0.3) is 0 Å². The van der Waals surface area contributed by atoms with Crippen LogP contribution in [0.5, 0.6) is 5.75 Å². The Hall–Kier alpha value is -2.44. The van der Waals surface area contributed by atoms with Crippen LogP contribution in [0.25, 0.3) is 0 Å². The van der Waals surface area contributed by atoms with Crippen LogP contribution >= 0.6 is 0 Å². The van der Waals surface area contributed by atoms with Crippen molar-refractivity contribution < 1.29 is 14.6 Å². The number of nitrogens with zero attached hydrogens (tertiary/aromatic N) is 4. The number of aromatic nitrogens is 4. The lowest BCUT2D eigenvalue weighted by Gasteiger charge is -2.06. The third-order valence-electron chi connectivity index (χ3n) is 2.65. The van der Waals surface area contributed by atoms with Gasteiger partial charge in [-0.05, 0) is 34.5 Å². The molecule has 0 unspecified atom stereocenters. The van der Waals surface area contributed by atoms with Gasteiger partial charge >= 0.3 is 5.97 Å². The van der Waals surface area contributed by atoms with Gasteiger partial charge in [0.05, 0.1) is 6.61 Å². The molecule has 2 aromatic rings. The van der Waals surface area contributed by atoms with E-state index in [1.54, 1.807) is 0 Å². The van der Waals surface area contributed by atoms with Crippen LogP contribution in [-0.2, 0) is 17.8 Å². The van der Waals surface area contributed by atoms with Crippen LogP contribution in [0.1, 0.15) is 24.7 Å². The summed E-state index contributed by atoms with van der Waals surface area (Å²) < 4.78 is 6.78. The summed E-state index contributed by atoms with van der Waals surface area (Å²) in [5.41, 5.74) is 0.996. The number of rotatable bonds is 7. The first-order chi connectivity index (χ1) is 9.69. The Labute approximate surface area is 116 Å². The minimum Gasteiger partial charge on any atom is -0.494 e. The lowest BCUT2D eigenvalue weighted by molar-refractivity contribution is -0.138. The van der Waals surface area contributed by atoms with Crippen LogP contribution in [0.4, 0.5) is 0 Å². The van der Waals surface area contributed by atoms with Crippen LogP contribution in [0.3, 0.4) is 0 Å². The highest BCUT2D eigenvalue weighted by molar-refractivity contribution is 5.66. The summed E-state index contributed by atoms with van der Waals surface area (Å²) in [5.74, 6) is 0.372. The molecule has 7 nitrogen and oxygen atoms in total. The van der Waals surface area contributed by atoms with Gasteiger partial charge in [0.15, 0.2) is 5.82 Å². The van der Waals surface area contributed by atoms with E-state index in [-0.39, 0.29) is 6.54 Å². The number of carboxylic acids is 1. The number of carbonyl (C=O) groups is 1. The monoisotopic (exact) mass is 276 g/mol. The summed E-state index contributed by atoms with van der Waals surface area (Å²) in [4.78, 5) is 10.7. The van der Waals surface area contributed by atoms with Crippen LogP contribution in [0.2, 0.25) is 0 Å². The minimum atomic E-state index is -0.970. The normalized spacial score (nSPS) is 10.4. The molecule has 0 aliphatic heterocycles. The molecule has 0 saturated heterocycles. The van der Waals surface area contributed by atoms with Gasteiger partial charge in [0, 0.05) is 6.42 Å². The number of hydrogen-bond acceptors (Lipinski definition) is 5. The molecule has 0 atom stereocenters. The average Bonchev–Trinajstić information content (AvgIpc) is 2.84. The number of carboxylic acid groups (broad SMARTS) is 1. The maximum absolute atomic E-state index is 10.7. The van der Waals surface area contributed by atoms with Crippen LogP contribution < -0.4 is 4.74 Å². The fraction of sp³-hybridized carbons (Fsp3) is 0.385. The van der Waals surface area contributed by atoms with Gasteiger partial charge in [0.2, 0.25) is 0 Å². The summed E-state index contributed by atoms with van der Waals surface area (Å²) in [6.07, 6.45) is 1.44. The zero-order valence-electron chi connectivity index (χ0n) is 11.2. The molecular weight excluding hydrogens is 260 g/mol. The number of benzene rings is 1. The van der Waals surface area contributed by atoms with E-state index in [4.69, 9.17) is 9.84 Å². The molecule has 7 heteroatoms. The molecule has 106 valence electrons. The van der Waals surface area contributed by atoms with Crippen molar-refractivity contribution in [2.24, 2.45) is 0 Å². The number of ether oxygens (including phenoxy) is 1. The van der Waals surface area contributed by atoms with Crippen molar-refractivity contribution in [3.63, 3.8) is 0 Å². The predicted molar refractivity (Wildman–Crippen MR) is 70.5 cm³/mol. The van der Waals surface area contributed by atoms with Gasteiger partial charge in [-0.2, -0.15) is 0 Å². The molecule has 0 fully saturated rings. The van der Waals surface area contributed by atoms with Crippen molar-refractivity contribution in [3.8, 4) is 5.75 Å². The lowest BCUT2D eigenvalue weighted by atomic mass is 10.1. The van der Waals surface area contributed by atoms with Crippen molar-refractivity contribution in [1.82, 2.24) is 20.2 Å². The Morgan fingerprint density at radius 2 is 2.10 bits per heavy atom.